The second-order valence-electron chi connectivity index (χ2n) is 9.10. The number of imidazole rings is 1. The van der Waals surface area contributed by atoms with E-state index in [0.29, 0.717) is 25.2 Å². The number of nitrogen functional groups attached to an aromatic ring is 1. The Hall–Kier alpha value is -4.18. The van der Waals surface area contributed by atoms with Crippen LogP contribution in [0.15, 0.2) is 54.6 Å². The highest BCUT2D eigenvalue weighted by atomic mass is 16.5. The number of nitrogens with zero attached hydrogens (tertiary/aromatic N) is 3. The second-order valence-corrected chi connectivity index (χ2v) is 9.10. The van der Waals surface area contributed by atoms with Crippen LogP contribution >= 0.6 is 0 Å². The molecule has 10 heteroatoms. The van der Waals surface area contributed by atoms with Gasteiger partial charge in [-0.3, -0.25) is 20.3 Å². The molecule has 0 spiro atoms. The van der Waals surface area contributed by atoms with Crippen molar-refractivity contribution in [1.29, 1.82) is 5.41 Å². The van der Waals surface area contributed by atoms with E-state index in [1.54, 1.807) is 30.9 Å². The van der Waals surface area contributed by atoms with Crippen molar-refractivity contribution in [3.63, 3.8) is 0 Å². The van der Waals surface area contributed by atoms with Crippen molar-refractivity contribution >= 4 is 34.4 Å². The molecule has 4 rings (SSSR count). The minimum absolute atomic E-state index is 0.0286. The highest BCUT2D eigenvalue weighted by Gasteiger charge is 2.39. The molecule has 1 atom stereocenters. The average Bonchev–Trinajstić information content (AvgIpc) is 3.54. The molecule has 1 aliphatic rings. The molecule has 0 saturated heterocycles. The lowest BCUT2D eigenvalue weighted by Crippen LogP contribution is -2.54. The number of amides is 1. The number of benzene rings is 2. The van der Waals surface area contributed by atoms with Crippen molar-refractivity contribution in [1.82, 2.24) is 19.8 Å². The first kappa shape index (κ1) is 25.9. The predicted molar refractivity (Wildman–Crippen MR) is 143 cm³/mol. The van der Waals surface area contributed by atoms with E-state index in [2.05, 4.69) is 10.6 Å². The van der Waals surface area contributed by atoms with Crippen LogP contribution in [0.3, 0.4) is 0 Å². The van der Waals surface area contributed by atoms with Gasteiger partial charge in [0.25, 0.3) is 0 Å². The fourth-order valence-corrected chi connectivity index (χ4v) is 4.39. The smallest absolute Gasteiger partial charge is 0.319 e. The molecule has 1 aromatic heterocycles. The molecule has 10 nitrogen and oxygen atoms in total. The van der Waals surface area contributed by atoms with Gasteiger partial charge in [-0.15, -0.1) is 0 Å². The first-order chi connectivity index (χ1) is 17.7. The first-order valence-electron chi connectivity index (χ1n) is 12.2. The number of hydrogen-bond donors (Lipinski definition) is 4. The Bertz CT molecular complexity index is 1340. The average molecular weight is 504 g/mol. The molecule has 5 N–H and O–H groups in total. The Labute approximate surface area is 216 Å². The number of nitrogens with two attached hydrogens (primary N) is 1. The number of hydrogen-bond acceptors (Lipinski definition) is 7. The molecule has 0 fully saturated rings. The van der Waals surface area contributed by atoms with Gasteiger partial charge in [0.2, 0.25) is 5.91 Å². The van der Waals surface area contributed by atoms with Gasteiger partial charge in [-0.2, -0.15) is 0 Å². The third kappa shape index (κ3) is 5.49. The predicted octanol–water partition coefficient (Wildman–Crippen LogP) is 2.24. The van der Waals surface area contributed by atoms with Gasteiger partial charge in [-0.1, -0.05) is 18.2 Å². The number of nitrogens with one attached hydrogen (secondary N) is 3. The number of rotatable bonds is 10. The van der Waals surface area contributed by atoms with Crippen LogP contribution in [-0.2, 0) is 33.5 Å². The Morgan fingerprint density at radius 1 is 1.16 bits per heavy atom. The van der Waals surface area contributed by atoms with Gasteiger partial charge in [-0.05, 0) is 55.8 Å². The largest absolute Gasteiger partial charge is 0.465 e. The van der Waals surface area contributed by atoms with Crippen LogP contribution in [0.1, 0.15) is 30.8 Å². The van der Waals surface area contributed by atoms with E-state index in [1.807, 2.05) is 54.1 Å². The fraction of sp³-hybridized carbons (Fsp3) is 0.333. The van der Waals surface area contributed by atoms with Gasteiger partial charge in [-0.25, -0.2) is 4.98 Å². The van der Waals surface area contributed by atoms with E-state index < -0.39 is 11.5 Å². The summed E-state index contributed by atoms with van der Waals surface area (Å²) in [6.07, 6.45) is 3.91. The summed E-state index contributed by atoms with van der Waals surface area (Å²) in [5.74, 6) is 0.317. The third-order valence-electron chi connectivity index (χ3n) is 6.62. The number of aromatic nitrogens is 2. The van der Waals surface area contributed by atoms with Crippen LogP contribution in [0.4, 0.5) is 5.69 Å². The number of anilines is 1. The van der Waals surface area contributed by atoms with E-state index in [4.69, 9.17) is 20.9 Å². The number of ether oxygens (including phenoxy) is 1. The summed E-state index contributed by atoms with van der Waals surface area (Å²) >= 11 is 0. The van der Waals surface area contributed by atoms with Gasteiger partial charge < -0.3 is 25.3 Å². The molecule has 0 bridgehead atoms. The highest BCUT2D eigenvalue weighted by Crippen LogP contribution is 2.28. The van der Waals surface area contributed by atoms with Crippen LogP contribution in [0.5, 0.6) is 0 Å². The molecule has 2 heterocycles. The second kappa shape index (κ2) is 10.8. The Morgan fingerprint density at radius 2 is 1.86 bits per heavy atom. The molecule has 2 aromatic carbocycles. The van der Waals surface area contributed by atoms with E-state index >= 15 is 0 Å². The molecule has 37 heavy (non-hydrogen) atoms. The molecule has 1 unspecified atom stereocenters. The summed E-state index contributed by atoms with van der Waals surface area (Å²) in [6.45, 7) is 5.28. The van der Waals surface area contributed by atoms with Crippen LogP contribution < -0.4 is 16.4 Å². The zero-order chi connectivity index (χ0) is 26.6. The van der Waals surface area contributed by atoms with Crippen LogP contribution in [0.2, 0.25) is 0 Å². The lowest BCUT2D eigenvalue weighted by Gasteiger charge is -2.33. The molecule has 3 aromatic rings. The summed E-state index contributed by atoms with van der Waals surface area (Å²) in [6, 6.07) is 13.1. The number of fused-ring (bicyclic) bond motifs is 1. The maximum atomic E-state index is 13.6. The molecular formula is C27H33N7O3. The van der Waals surface area contributed by atoms with Gasteiger partial charge in [0.15, 0.2) is 0 Å². The number of aryl methyl sites for hydroxylation is 1. The molecule has 194 valence electrons. The van der Waals surface area contributed by atoms with E-state index in [-0.39, 0.29) is 24.9 Å². The van der Waals surface area contributed by atoms with Crippen molar-refractivity contribution in [2.75, 3.05) is 31.6 Å². The number of carbonyl (C=O) groups is 2. The van der Waals surface area contributed by atoms with Gasteiger partial charge >= 0.3 is 5.97 Å². The van der Waals surface area contributed by atoms with Crippen LogP contribution in [0.25, 0.3) is 11.0 Å². The molecule has 0 radical (unpaired) electrons. The Morgan fingerprint density at radius 3 is 2.51 bits per heavy atom. The van der Waals surface area contributed by atoms with Gasteiger partial charge in [0, 0.05) is 31.4 Å². The van der Waals surface area contributed by atoms with Crippen molar-refractivity contribution < 1.29 is 14.3 Å². The summed E-state index contributed by atoms with van der Waals surface area (Å²) < 4.78 is 7.08. The van der Waals surface area contributed by atoms with Crippen molar-refractivity contribution in [2.24, 2.45) is 12.8 Å². The fourth-order valence-electron chi connectivity index (χ4n) is 4.39. The zero-order valence-corrected chi connectivity index (χ0v) is 21.4. The Kier molecular flexibility index (Phi) is 7.58. The van der Waals surface area contributed by atoms with Crippen LogP contribution in [0, 0.1) is 5.41 Å². The highest BCUT2D eigenvalue weighted by molar-refractivity contribution is 5.95. The van der Waals surface area contributed by atoms with Crippen molar-refractivity contribution in [2.45, 2.75) is 25.9 Å². The molecule has 1 amide bonds. The number of amidine groups is 1. The van der Waals surface area contributed by atoms with E-state index in [1.165, 1.54) is 0 Å². The van der Waals surface area contributed by atoms with Crippen LogP contribution in [-0.4, -0.2) is 58.4 Å². The normalized spacial score (nSPS) is 14.5. The van der Waals surface area contributed by atoms with Gasteiger partial charge in [0.1, 0.15) is 17.2 Å². The van der Waals surface area contributed by atoms with E-state index in [0.717, 1.165) is 28.1 Å². The van der Waals surface area contributed by atoms with Crippen molar-refractivity contribution in [3.05, 3.63) is 71.6 Å². The number of esters is 1. The van der Waals surface area contributed by atoms with Gasteiger partial charge in [0.05, 0.1) is 30.7 Å². The molecule has 1 aliphatic heterocycles. The summed E-state index contributed by atoms with van der Waals surface area (Å²) in [5, 5.41) is 14.0. The summed E-state index contributed by atoms with van der Waals surface area (Å²) in [5.41, 5.74) is 8.34. The maximum absolute atomic E-state index is 13.6. The van der Waals surface area contributed by atoms with E-state index in [9.17, 15) is 9.59 Å². The topological polar surface area (TPSA) is 138 Å². The maximum Gasteiger partial charge on any atom is 0.319 e. The third-order valence-corrected chi connectivity index (χ3v) is 6.62. The molecule has 0 aliphatic carbocycles. The SMILES string of the molecule is CCOC(=O)CNC(C)(C(=O)N1CC=CC1)c1ccc2c(c1)nc(CNc1ccc(C(=N)N)cc1)n2C. The number of carbonyl (C=O) groups excluding carboxylic acids is 2. The Balaban J connectivity index is 1.59. The minimum atomic E-state index is -1.14. The monoisotopic (exact) mass is 503 g/mol. The van der Waals surface area contributed by atoms with Crippen molar-refractivity contribution in [3.8, 4) is 0 Å². The lowest BCUT2D eigenvalue weighted by atomic mass is 9.89. The summed E-state index contributed by atoms with van der Waals surface area (Å²) in [7, 11) is 1.95. The first-order valence-corrected chi connectivity index (χ1v) is 12.2. The standard InChI is InChI=1S/C27H33N7O3/c1-4-37-24(35)17-31-27(2,26(36)34-13-5-6-14-34)19-9-12-22-21(15-19)32-23(33(22)3)16-30-20-10-7-18(8-11-20)25(28)29/h5-12,15,30-31H,4,13-14,16-17H2,1-3H3,(H3,28,29). The quantitative estimate of drug-likeness (QED) is 0.144. The summed E-state index contributed by atoms with van der Waals surface area (Å²) in [4.78, 5) is 32.3. The molecular weight excluding hydrogens is 470 g/mol. The lowest BCUT2D eigenvalue weighted by molar-refractivity contribution is -0.143. The minimum Gasteiger partial charge on any atom is -0.465 e. The zero-order valence-electron chi connectivity index (χ0n) is 21.4. The molecule has 0 saturated carbocycles.